The Kier molecular flexibility index (Phi) is 4.27. The van der Waals surface area contributed by atoms with Crippen LogP contribution in [0.25, 0.3) is 0 Å². The Morgan fingerprint density at radius 3 is 2.92 bits per heavy atom. The summed E-state index contributed by atoms with van der Waals surface area (Å²) >= 11 is 0. The lowest BCUT2D eigenvalue weighted by atomic mass is 10.0. The summed E-state index contributed by atoms with van der Waals surface area (Å²) < 4.78 is 0. The lowest BCUT2D eigenvalue weighted by Crippen LogP contribution is -2.14. The minimum atomic E-state index is 1.06. The highest BCUT2D eigenvalue weighted by molar-refractivity contribution is 5.41. The van der Waals surface area contributed by atoms with E-state index in [9.17, 15) is 0 Å². The summed E-state index contributed by atoms with van der Waals surface area (Å²) in [7, 11) is 0. The van der Waals surface area contributed by atoms with Gasteiger partial charge in [0.15, 0.2) is 0 Å². The first-order chi connectivity index (χ1) is 6.38. The summed E-state index contributed by atoms with van der Waals surface area (Å²) in [6, 6.07) is 0. The predicted molar refractivity (Wildman–Crippen MR) is 58.7 cm³/mol. The van der Waals surface area contributed by atoms with Crippen molar-refractivity contribution in [2.45, 2.75) is 12.8 Å². The number of hydrogen-bond donors (Lipinski definition) is 1. The van der Waals surface area contributed by atoms with E-state index in [4.69, 9.17) is 0 Å². The number of rotatable bonds is 3. The third kappa shape index (κ3) is 3.03. The highest BCUT2D eigenvalue weighted by Crippen LogP contribution is 2.17. The van der Waals surface area contributed by atoms with Gasteiger partial charge in [-0.1, -0.05) is 37.5 Å². The van der Waals surface area contributed by atoms with Crippen molar-refractivity contribution in [1.82, 2.24) is 5.32 Å². The molecule has 0 bridgehead atoms. The number of allylic oxidation sites excluding steroid dienone is 4. The number of nitrogens with one attached hydrogen (secondary N) is 1. The predicted octanol–water partition coefficient (Wildman–Crippen LogP) is 2.59. The standard InChI is InChI=1S/C12H17N/c1-3-6-11(4-2)12-7-5-9-13-10-8-12/h3-4,6-7,13H,1-2,5,8-10H2/b11-6+. The second-order valence-electron chi connectivity index (χ2n) is 3.08. The average molecular weight is 175 g/mol. The lowest BCUT2D eigenvalue weighted by molar-refractivity contribution is 0.712. The zero-order valence-electron chi connectivity index (χ0n) is 8.05. The monoisotopic (exact) mass is 175 g/mol. The van der Waals surface area contributed by atoms with Crippen molar-refractivity contribution in [1.29, 1.82) is 0 Å². The summed E-state index contributed by atoms with van der Waals surface area (Å²) in [5.74, 6) is 0. The van der Waals surface area contributed by atoms with Crippen molar-refractivity contribution in [2.24, 2.45) is 0 Å². The van der Waals surface area contributed by atoms with Gasteiger partial charge in [0.25, 0.3) is 0 Å². The van der Waals surface area contributed by atoms with Gasteiger partial charge in [-0.3, -0.25) is 0 Å². The minimum Gasteiger partial charge on any atom is -0.316 e. The van der Waals surface area contributed by atoms with Crippen LogP contribution in [0.1, 0.15) is 12.8 Å². The molecule has 13 heavy (non-hydrogen) atoms. The smallest absolute Gasteiger partial charge is 0.000812 e. The summed E-state index contributed by atoms with van der Waals surface area (Å²) in [5.41, 5.74) is 2.60. The molecule has 0 aromatic carbocycles. The van der Waals surface area contributed by atoms with Crippen LogP contribution in [0.15, 0.2) is 48.6 Å². The van der Waals surface area contributed by atoms with Crippen LogP contribution in [0.3, 0.4) is 0 Å². The van der Waals surface area contributed by atoms with Gasteiger partial charge >= 0.3 is 0 Å². The van der Waals surface area contributed by atoms with Crippen LogP contribution in [0.4, 0.5) is 0 Å². The van der Waals surface area contributed by atoms with Gasteiger partial charge < -0.3 is 5.32 Å². The highest BCUT2D eigenvalue weighted by Gasteiger charge is 2.03. The molecule has 0 unspecified atom stereocenters. The van der Waals surface area contributed by atoms with Crippen molar-refractivity contribution >= 4 is 0 Å². The van der Waals surface area contributed by atoms with Crippen molar-refractivity contribution in [3.05, 3.63) is 48.6 Å². The van der Waals surface area contributed by atoms with Crippen LogP contribution in [0.5, 0.6) is 0 Å². The van der Waals surface area contributed by atoms with E-state index in [2.05, 4.69) is 24.6 Å². The van der Waals surface area contributed by atoms with Crippen molar-refractivity contribution in [3.63, 3.8) is 0 Å². The fourth-order valence-corrected chi connectivity index (χ4v) is 1.49. The van der Waals surface area contributed by atoms with Gasteiger partial charge in [0.1, 0.15) is 0 Å². The lowest BCUT2D eigenvalue weighted by Gasteiger charge is -2.05. The molecule has 1 rings (SSSR count). The second kappa shape index (κ2) is 5.55. The minimum absolute atomic E-state index is 1.06. The van der Waals surface area contributed by atoms with Crippen molar-refractivity contribution < 1.29 is 0 Å². The summed E-state index contributed by atoms with van der Waals surface area (Å²) in [4.78, 5) is 0. The first-order valence-electron chi connectivity index (χ1n) is 4.73. The van der Waals surface area contributed by atoms with Gasteiger partial charge in [-0.2, -0.15) is 0 Å². The summed E-state index contributed by atoms with van der Waals surface area (Å²) in [6.45, 7) is 9.66. The normalized spacial score (nSPS) is 18.8. The topological polar surface area (TPSA) is 12.0 Å². The fraction of sp³-hybridized carbons (Fsp3) is 0.333. The molecule has 0 spiro atoms. The molecular formula is C12H17N. The summed E-state index contributed by atoms with van der Waals surface area (Å²) in [6.07, 6.45) is 10.2. The van der Waals surface area contributed by atoms with Crippen LogP contribution < -0.4 is 5.32 Å². The zero-order chi connectivity index (χ0) is 9.52. The second-order valence-corrected chi connectivity index (χ2v) is 3.08. The molecule has 1 heteroatoms. The molecule has 1 N–H and O–H groups in total. The van der Waals surface area contributed by atoms with E-state index >= 15 is 0 Å². The van der Waals surface area contributed by atoms with E-state index in [0.717, 1.165) is 25.9 Å². The molecule has 0 aliphatic carbocycles. The molecule has 1 aliphatic rings. The summed E-state index contributed by atoms with van der Waals surface area (Å²) in [5, 5.41) is 3.36. The fourth-order valence-electron chi connectivity index (χ4n) is 1.49. The molecule has 0 radical (unpaired) electrons. The van der Waals surface area contributed by atoms with Gasteiger partial charge in [0.2, 0.25) is 0 Å². The Morgan fingerprint density at radius 1 is 1.38 bits per heavy atom. The third-order valence-electron chi connectivity index (χ3n) is 2.17. The molecule has 0 fully saturated rings. The van der Waals surface area contributed by atoms with E-state index in [0.29, 0.717) is 0 Å². The quantitative estimate of drug-likeness (QED) is 0.650. The number of hydrogen-bond acceptors (Lipinski definition) is 1. The van der Waals surface area contributed by atoms with Gasteiger partial charge in [-0.15, -0.1) is 0 Å². The van der Waals surface area contributed by atoms with Crippen molar-refractivity contribution in [2.75, 3.05) is 13.1 Å². The molecule has 0 saturated heterocycles. The van der Waals surface area contributed by atoms with Crippen LogP contribution >= 0.6 is 0 Å². The molecule has 0 amide bonds. The Labute approximate surface area is 80.5 Å². The van der Waals surface area contributed by atoms with Crippen LogP contribution in [0, 0.1) is 0 Å². The molecule has 0 saturated carbocycles. The van der Waals surface area contributed by atoms with Crippen molar-refractivity contribution in [3.8, 4) is 0 Å². The first-order valence-corrected chi connectivity index (χ1v) is 4.73. The van der Waals surface area contributed by atoms with Gasteiger partial charge in [0.05, 0.1) is 0 Å². The molecule has 0 aromatic rings. The highest BCUT2D eigenvalue weighted by atomic mass is 14.8. The Morgan fingerprint density at radius 2 is 2.23 bits per heavy atom. The van der Waals surface area contributed by atoms with E-state index in [-0.39, 0.29) is 0 Å². The van der Waals surface area contributed by atoms with Crippen LogP contribution in [-0.4, -0.2) is 13.1 Å². The maximum atomic E-state index is 3.81. The van der Waals surface area contributed by atoms with E-state index in [1.54, 1.807) is 0 Å². The third-order valence-corrected chi connectivity index (χ3v) is 2.17. The molecule has 1 nitrogen and oxygen atoms in total. The van der Waals surface area contributed by atoms with Crippen LogP contribution in [-0.2, 0) is 0 Å². The molecule has 0 atom stereocenters. The van der Waals surface area contributed by atoms with Gasteiger partial charge in [-0.25, -0.2) is 0 Å². The van der Waals surface area contributed by atoms with E-state index in [1.807, 2.05) is 18.2 Å². The van der Waals surface area contributed by atoms with Gasteiger partial charge in [-0.05, 0) is 37.1 Å². The average Bonchev–Trinajstić information content (AvgIpc) is 2.42. The Bertz CT molecular complexity index is 246. The molecular weight excluding hydrogens is 158 g/mol. The van der Waals surface area contributed by atoms with Gasteiger partial charge in [0, 0.05) is 0 Å². The maximum absolute atomic E-state index is 3.81. The van der Waals surface area contributed by atoms with Crippen LogP contribution in [0.2, 0.25) is 0 Å². The zero-order valence-corrected chi connectivity index (χ0v) is 8.05. The van der Waals surface area contributed by atoms with E-state index in [1.165, 1.54) is 11.1 Å². The molecule has 1 heterocycles. The molecule has 70 valence electrons. The van der Waals surface area contributed by atoms with E-state index < -0.39 is 0 Å². The maximum Gasteiger partial charge on any atom is -0.000812 e. The Balaban J connectivity index is 2.76. The molecule has 0 aromatic heterocycles. The Hall–Kier alpha value is -1.08. The first kappa shape index (κ1) is 10.0. The molecule has 1 aliphatic heterocycles. The largest absolute Gasteiger partial charge is 0.316 e. The SMILES string of the molecule is C=C/C=C(\C=C)C1=CCCNCC1.